The number of amides is 1. The summed E-state index contributed by atoms with van der Waals surface area (Å²) >= 11 is 8.77. The van der Waals surface area contributed by atoms with E-state index in [1.807, 2.05) is 30.3 Å². The normalized spacial score (nSPS) is 31.1. The predicted molar refractivity (Wildman–Crippen MR) is 116 cm³/mol. The van der Waals surface area contributed by atoms with Gasteiger partial charge in [-0.1, -0.05) is 40.2 Å². The van der Waals surface area contributed by atoms with Crippen LogP contribution in [0.2, 0.25) is 0 Å². The minimum Gasteiger partial charge on any atom is -0.465 e. The lowest BCUT2D eigenvalue weighted by molar-refractivity contribution is -0.153. The van der Waals surface area contributed by atoms with Crippen LogP contribution in [-0.4, -0.2) is 24.2 Å². The molecule has 7 heteroatoms. The van der Waals surface area contributed by atoms with E-state index in [9.17, 15) is 9.59 Å². The van der Waals surface area contributed by atoms with Gasteiger partial charge in [-0.2, -0.15) is 0 Å². The molecule has 2 saturated heterocycles. The minimum atomic E-state index is -0.724. The predicted octanol–water partition coefficient (Wildman–Crippen LogP) is 5.07. The molecule has 2 fully saturated rings. The highest BCUT2D eigenvalue weighted by atomic mass is 79.9. The summed E-state index contributed by atoms with van der Waals surface area (Å²) in [6.07, 6.45) is 0.424. The van der Waals surface area contributed by atoms with Crippen LogP contribution in [0.1, 0.15) is 23.5 Å². The zero-order valence-electron chi connectivity index (χ0n) is 14.8. The Balaban J connectivity index is 1.71. The fourth-order valence-electron chi connectivity index (χ4n) is 4.82. The van der Waals surface area contributed by atoms with Crippen molar-refractivity contribution in [1.82, 2.24) is 0 Å². The van der Waals surface area contributed by atoms with Crippen LogP contribution in [0, 0.1) is 11.8 Å². The molecule has 5 rings (SSSR count). The van der Waals surface area contributed by atoms with Crippen LogP contribution in [0.25, 0.3) is 0 Å². The van der Waals surface area contributed by atoms with Gasteiger partial charge < -0.3 is 10.1 Å². The van der Waals surface area contributed by atoms with E-state index >= 15 is 0 Å². The van der Waals surface area contributed by atoms with E-state index in [-0.39, 0.29) is 29.6 Å². The van der Waals surface area contributed by atoms with Crippen molar-refractivity contribution in [1.29, 1.82) is 0 Å². The molecule has 2 aromatic carbocycles. The highest BCUT2D eigenvalue weighted by Gasteiger charge is 2.60. The van der Waals surface area contributed by atoms with Crippen LogP contribution in [-0.2, 0) is 19.1 Å². The Morgan fingerprint density at radius 2 is 1.89 bits per heavy atom. The zero-order chi connectivity index (χ0) is 19.5. The summed E-state index contributed by atoms with van der Waals surface area (Å²) in [7, 11) is 0. The number of anilines is 1. The van der Waals surface area contributed by atoms with E-state index in [0.717, 1.165) is 31.5 Å². The maximum atomic E-state index is 13.5. The molecule has 3 heterocycles. The molecule has 2 aromatic rings. The third kappa shape index (κ3) is 2.70. The van der Waals surface area contributed by atoms with E-state index < -0.39 is 4.75 Å². The lowest BCUT2D eigenvalue weighted by Crippen LogP contribution is -2.51. The number of esters is 1. The second-order valence-corrected chi connectivity index (χ2v) is 10.5. The summed E-state index contributed by atoms with van der Waals surface area (Å²) in [5.41, 5.74) is 2.97. The van der Waals surface area contributed by atoms with Gasteiger partial charge in [-0.25, -0.2) is 0 Å². The van der Waals surface area contributed by atoms with Gasteiger partial charge in [-0.3, -0.25) is 9.59 Å². The highest BCUT2D eigenvalue weighted by molar-refractivity contribution is 9.10. The Morgan fingerprint density at radius 3 is 2.68 bits per heavy atom. The molecule has 4 atom stereocenters. The van der Waals surface area contributed by atoms with E-state index in [0.29, 0.717) is 13.0 Å². The second kappa shape index (κ2) is 6.89. The summed E-state index contributed by atoms with van der Waals surface area (Å²) in [5, 5.41) is 3.12. The summed E-state index contributed by atoms with van der Waals surface area (Å²) in [4.78, 5) is 25.4. The molecule has 144 valence electrons. The monoisotopic (exact) mass is 521 g/mol. The number of carbonyl (C=O) groups excluding carboxylic acids is 2. The molecule has 28 heavy (non-hydrogen) atoms. The van der Waals surface area contributed by atoms with Crippen LogP contribution in [0.5, 0.6) is 0 Å². The van der Waals surface area contributed by atoms with Gasteiger partial charge in [0.1, 0.15) is 4.75 Å². The Morgan fingerprint density at radius 1 is 1.11 bits per heavy atom. The number of halogens is 2. The molecule has 4 nitrogen and oxygen atoms in total. The molecule has 0 aromatic heterocycles. The molecule has 4 unspecified atom stereocenters. The van der Waals surface area contributed by atoms with E-state index in [1.165, 1.54) is 0 Å². The van der Waals surface area contributed by atoms with Gasteiger partial charge in [0, 0.05) is 32.8 Å². The quantitative estimate of drug-likeness (QED) is 0.531. The number of cyclic esters (lactones) is 1. The third-order valence-electron chi connectivity index (χ3n) is 6.08. The Kier molecular flexibility index (Phi) is 4.60. The fraction of sp³-hybridized carbons (Fsp3) is 0.333. The summed E-state index contributed by atoms with van der Waals surface area (Å²) in [6.45, 7) is 0.364. The van der Waals surface area contributed by atoms with E-state index in [2.05, 4.69) is 49.3 Å². The van der Waals surface area contributed by atoms with Gasteiger partial charge in [0.05, 0.1) is 12.3 Å². The first-order valence-electron chi connectivity index (χ1n) is 9.16. The number of thioether (sulfide) groups is 1. The van der Waals surface area contributed by atoms with Gasteiger partial charge in [-0.05, 0) is 51.4 Å². The summed E-state index contributed by atoms with van der Waals surface area (Å²) in [5.74, 6) is 0.902. The molecule has 1 spiro atoms. The lowest BCUT2D eigenvalue weighted by Gasteiger charge is -2.49. The number of ether oxygens (including phenoxy) is 1. The van der Waals surface area contributed by atoms with E-state index in [4.69, 9.17) is 4.74 Å². The molecule has 3 aliphatic heterocycles. The molecule has 0 saturated carbocycles. The van der Waals surface area contributed by atoms with Crippen molar-refractivity contribution < 1.29 is 14.3 Å². The first-order chi connectivity index (χ1) is 13.5. The summed E-state index contributed by atoms with van der Waals surface area (Å²) < 4.78 is 6.64. The highest BCUT2D eigenvalue weighted by Crippen LogP contribution is 2.63. The van der Waals surface area contributed by atoms with Gasteiger partial charge in [0.2, 0.25) is 5.91 Å². The number of carbonyl (C=O) groups is 2. The molecule has 0 aliphatic carbocycles. The average Bonchev–Trinajstić information content (AvgIpc) is 2.97. The molecule has 0 radical (unpaired) electrons. The Labute approximate surface area is 184 Å². The van der Waals surface area contributed by atoms with Crippen LogP contribution in [0.4, 0.5) is 5.69 Å². The van der Waals surface area contributed by atoms with Crippen LogP contribution in [0.3, 0.4) is 0 Å². The number of hydrogen-bond donors (Lipinski definition) is 1. The van der Waals surface area contributed by atoms with Gasteiger partial charge in [0.25, 0.3) is 0 Å². The van der Waals surface area contributed by atoms with Gasteiger partial charge >= 0.3 is 5.97 Å². The molecule has 1 N–H and O–H groups in total. The van der Waals surface area contributed by atoms with Crippen molar-refractivity contribution in [2.75, 3.05) is 17.7 Å². The van der Waals surface area contributed by atoms with Crippen molar-refractivity contribution in [3.63, 3.8) is 0 Å². The standard InChI is InChI=1S/C21H17Br2NO3S/c22-13-6-4-11(5-7-13)18-14-9-27-17(25)8-12(14)10-28-21(18)15-2-1-3-16(23)19(15)24-20(21)26/h1-7,12,14,18H,8-10H2,(H,24,26). The Hall–Kier alpha value is -1.31. The topological polar surface area (TPSA) is 55.4 Å². The number of para-hydroxylation sites is 1. The largest absolute Gasteiger partial charge is 0.465 e. The first kappa shape index (κ1) is 18.7. The number of fused-ring (bicyclic) bond motifs is 3. The van der Waals surface area contributed by atoms with Gasteiger partial charge in [0.15, 0.2) is 0 Å². The van der Waals surface area contributed by atoms with Crippen molar-refractivity contribution >= 4 is 61.2 Å². The Bertz CT molecular complexity index is 980. The number of benzene rings is 2. The third-order valence-corrected chi connectivity index (χ3v) is 8.98. The molecule has 3 aliphatic rings. The SMILES string of the molecule is O=C1CC2CSC3(C(=O)Nc4c(Br)cccc43)C(c3ccc(Br)cc3)C2CO1. The van der Waals surface area contributed by atoms with Crippen molar-refractivity contribution in [3.05, 3.63) is 62.5 Å². The fourth-order valence-corrected chi connectivity index (χ4v) is 7.39. The second-order valence-electron chi connectivity index (χ2n) is 7.50. The van der Waals surface area contributed by atoms with Crippen molar-refractivity contribution in [2.45, 2.75) is 17.1 Å². The molecular formula is C21H17Br2NO3S. The smallest absolute Gasteiger partial charge is 0.306 e. The zero-order valence-corrected chi connectivity index (χ0v) is 18.8. The minimum absolute atomic E-state index is 0.0164. The molecule has 0 bridgehead atoms. The number of nitrogens with one attached hydrogen (secondary N) is 1. The van der Waals surface area contributed by atoms with E-state index in [1.54, 1.807) is 11.8 Å². The van der Waals surface area contributed by atoms with Crippen LogP contribution < -0.4 is 5.32 Å². The molecular weight excluding hydrogens is 506 g/mol. The lowest BCUT2D eigenvalue weighted by atomic mass is 9.68. The average molecular weight is 523 g/mol. The van der Waals surface area contributed by atoms with Crippen molar-refractivity contribution in [2.24, 2.45) is 11.8 Å². The van der Waals surface area contributed by atoms with Crippen LogP contribution in [0.15, 0.2) is 51.4 Å². The maximum absolute atomic E-state index is 13.5. The number of hydrogen-bond acceptors (Lipinski definition) is 4. The van der Waals surface area contributed by atoms with Gasteiger partial charge in [-0.15, -0.1) is 11.8 Å². The maximum Gasteiger partial charge on any atom is 0.306 e. The van der Waals surface area contributed by atoms with Crippen molar-refractivity contribution in [3.8, 4) is 0 Å². The molecule has 1 amide bonds. The van der Waals surface area contributed by atoms with Crippen LogP contribution >= 0.6 is 43.6 Å². The first-order valence-corrected chi connectivity index (χ1v) is 11.7. The summed E-state index contributed by atoms with van der Waals surface area (Å²) in [6, 6.07) is 14.2. The number of rotatable bonds is 1.